The maximum atomic E-state index is 10.7. The third-order valence-electron chi connectivity index (χ3n) is 1.55. The lowest BCUT2D eigenvalue weighted by molar-refractivity contribution is 0.108. The lowest BCUT2D eigenvalue weighted by atomic mass is 10.1. The van der Waals surface area contributed by atoms with Crippen LogP contribution in [0.15, 0.2) is 18.2 Å². The van der Waals surface area contributed by atoms with Crippen molar-refractivity contribution in [2.45, 2.75) is 0 Å². The van der Waals surface area contributed by atoms with Gasteiger partial charge in [-0.3, -0.25) is 4.79 Å². The third-order valence-corrected chi connectivity index (χ3v) is 1.77. The van der Waals surface area contributed by atoms with Gasteiger partial charge in [0.25, 0.3) is 5.24 Å². The van der Waals surface area contributed by atoms with Crippen molar-refractivity contribution in [1.82, 2.24) is 0 Å². The number of benzene rings is 1. The lowest BCUT2D eigenvalue weighted by Gasteiger charge is -2.02. The number of nitrogens with zero attached hydrogens (tertiary/aromatic N) is 1. The first kappa shape index (κ1) is 9.56. The molecule has 0 aliphatic rings. The highest BCUT2D eigenvalue weighted by molar-refractivity contribution is 6.67. The molecule has 0 aliphatic carbocycles. The Bertz CT molecular complexity index is 382. The van der Waals surface area contributed by atoms with E-state index in [4.69, 9.17) is 21.6 Å². The van der Waals surface area contributed by atoms with Crippen LogP contribution < -0.4 is 4.74 Å². The number of rotatable bonds is 2. The Kier molecular flexibility index (Phi) is 2.88. The summed E-state index contributed by atoms with van der Waals surface area (Å²) in [6.45, 7) is 0. The normalized spacial score (nSPS) is 9.00. The fourth-order valence-electron chi connectivity index (χ4n) is 0.918. The number of nitriles is 1. The van der Waals surface area contributed by atoms with E-state index in [9.17, 15) is 4.79 Å². The van der Waals surface area contributed by atoms with Gasteiger partial charge in [0.2, 0.25) is 0 Å². The minimum atomic E-state index is -0.584. The summed E-state index contributed by atoms with van der Waals surface area (Å²) in [6.07, 6.45) is 0. The van der Waals surface area contributed by atoms with Gasteiger partial charge in [-0.1, -0.05) is 0 Å². The number of hydrogen-bond donors (Lipinski definition) is 0. The molecule has 0 N–H and O–H groups in total. The van der Waals surface area contributed by atoms with Crippen molar-refractivity contribution in [2.24, 2.45) is 0 Å². The van der Waals surface area contributed by atoms with Crippen LogP contribution in [0, 0.1) is 11.3 Å². The molecule has 3 nitrogen and oxygen atoms in total. The number of carbonyl (C=O) groups is 1. The Labute approximate surface area is 80.5 Å². The van der Waals surface area contributed by atoms with E-state index in [1.54, 1.807) is 0 Å². The number of carbonyl (C=O) groups excluding carboxylic acids is 1. The average Bonchev–Trinajstić information content (AvgIpc) is 2.16. The van der Waals surface area contributed by atoms with Crippen molar-refractivity contribution in [3.8, 4) is 11.8 Å². The third kappa shape index (κ3) is 1.98. The van der Waals surface area contributed by atoms with Crippen molar-refractivity contribution in [3.63, 3.8) is 0 Å². The molecule has 1 aromatic carbocycles. The molecule has 0 atom stereocenters. The van der Waals surface area contributed by atoms with Gasteiger partial charge in [0.1, 0.15) is 11.8 Å². The zero-order valence-electron chi connectivity index (χ0n) is 6.87. The molecule has 0 aromatic heterocycles. The van der Waals surface area contributed by atoms with Crippen molar-refractivity contribution in [2.75, 3.05) is 7.11 Å². The van der Waals surface area contributed by atoms with E-state index in [0.717, 1.165) is 0 Å². The molecule has 4 heteroatoms. The summed E-state index contributed by atoms with van der Waals surface area (Å²) in [7, 11) is 1.46. The van der Waals surface area contributed by atoms with Gasteiger partial charge >= 0.3 is 0 Å². The summed E-state index contributed by atoms with van der Waals surface area (Å²) in [6, 6.07) is 6.35. The first-order valence-electron chi connectivity index (χ1n) is 3.47. The van der Waals surface area contributed by atoms with Gasteiger partial charge in [-0.15, -0.1) is 0 Å². The molecule has 1 rings (SSSR count). The van der Waals surface area contributed by atoms with Crippen LogP contribution in [-0.4, -0.2) is 12.4 Å². The summed E-state index contributed by atoms with van der Waals surface area (Å²) in [5.41, 5.74) is 0.591. The zero-order chi connectivity index (χ0) is 9.84. The first-order valence-corrected chi connectivity index (χ1v) is 3.85. The summed E-state index contributed by atoms with van der Waals surface area (Å²) >= 11 is 5.24. The number of halogens is 1. The predicted octanol–water partition coefficient (Wildman–Crippen LogP) is 1.95. The van der Waals surface area contributed by atoms with Crippen molar-refractivity contribution < 1.29 is 9.53 Å². The van der Waals surface area contributed by atoms with Gasteiger partial charge < -0.3 is 4.74 Å². The van der Waals surface area contributed by atoms with Crippen LogP contribution in [0.1, 0.15) is 15.9 Å². The number of methoxy groups -OCH3 is 1. The van der Waals surface area contributed by atoms with Crippen LogP contribution in [0.4, 0.5) is 0 Å². The van der Waals surface area contributed by atoms with E-state index >= 15 is 0 Å². The van der Waals surface area contributed by atoms with Crippen LogP contribution in [0.3, 0.4) is 0 Å². The molecule has 0 amide bonds. The summed E-state index contributed by atoms with van der Waals surface area (Å²) in [5.74, 6) is 0.434. The molecule has 0 radical (unpaired) electrons. The second kappa shape index (κ2) is 3.92. The minimum Gasteiger partial charge on any atom is -0.495 e. The van der Waals surface area contributed by atoms with Crippen molar-refractivity contribution in [1.29, 1.82) is 5.26 Å². The standard InChI is InChI=1S/C9H6ClNO2/c1-13-8-3-2-6(9(10)12)4-7(8)5-11/h2-4H,1H3. The van der Waals surface area contributed by atoms with Crippen LogP contribution >= 0.6 is 11.6 Å². The lowest BCUT2D eigenvalue weighted by Crippen LogP contribution is -1.93. The van der Waals surface area contributed by atoms with Crippen LogP contribution in [0.5, 0.6) is 5.75 Å². The molecule has 0 fully saturated rings. The van der Waals surface area contributed by atoms with Crippen molar-refractivity contribution >= 4 is 16.8 Å². The molecule has 0 spiro atoms. The molecule has 13 heavy (non-hydrogen) atoms. The SMILES string of the molecule is COc1ccc(C(=O)Cl)cc1C#N. The number of hydrogen-bond acceptors (Lipinski definition) is 3. The Balaban J connectivity index is 3.23. The predicted molar refractivity (Wildman–Crippen MR) is 47.9 cm³/mol. The molecule has 0 aliphatic heterocycles. The van der Waals surface area contributed by atoms with E-state index in [-0.39, 0.29) is 0 Å². The maximum absolute atomic E-state index is 10.7. The fourth-order valence-corrected chi connectivity index (χ4v) is 1.04. The van der Waals surface area contributed by atoms with E-state index in [2.05, 4.69) is 0 Å². The summed E-state index contributed by atoms with van der Waals surface area (Å²) in [4.78, 5) is 10.7. The van der Waals surface area contributed by atoms with Gasteiger partial charge in [-0.05, 0) is 29.8 Å². The first-order chi connectivity index (χ1) is 6.19. The highest BCUT2D eigenvalue weighted by Crippen LogP contribution is 2.19. The minimum absolute atomic E-state index is 0.291. The van der Waals surface area contributed by atoms with E-state index in [1.807, 2.05) is 6.07 Å². The quantitative estimate of drug-likeness (QED) is 0.678. The van der Waals surface area contributed by atoms with Crippen LogP contribution in [0.25, 0.3) is 0 Å². The Hall–Kier alpha value is -1.53. The molecule has 0 saturated heterocycles. The molecule has 66 valence electrons. The highest BCUT2D eigenvalue weighted by Gasteiger charge is 2.07. The van der Waals surface area contributed by atoms with Gasteiger partial charge in [-0.25, -0.2) is 0 Å². The molecule has 0 unspecified atom stereocenters. The largest absolute Gasteiger partial charge is 0.495 e. The Morgan fingerprint density at radius 2 is 2.31 bits per heavy atom. The van der Waals surface area contributed by atoms with Gasteiger partial charge in [0, 0.05) is 5.56 Å². The molecule has 0 saturated carbocycles. The smallest absolute Gasteiger partial charge is 0.252 e. The molecule has 1 aromatic rings. The van der Waals surface area contributed by atoms with Gasteiger partial charge in [-0.2, -0.15) is 5.26 Å². The second-order valence-electron chi connectivity index (χ2n) is 2.30. The van der Waals surface area contributed by atoms with E-state index in [1.165, 1.54) is 25.3 Å². The second-order valence-corrected chi connectivity index (χ2v) is 2.64. The zero-order valence-corrected chi connectivity index (χ0v) is 7.63. The fraction of sp³-hybridized carbons (Fsp3) is 0.111. The monoisotopic (exact) mass is 195 g/mol. The summed E-state index contributed by atoms with van der Waals surface area (Å²) in [5, 5.41) is 8.09. The van der Waals surface area contributed by atoms with Gasteiger partial charge in [0.05, 0.1) is 12.7 Å². The number of ether oxygens (including phenoxy) is 1. The van der Waals surface area contributed by atoms with Crippen LogP contribution in [0.2, 0.25) is 0 Å². The van der Waals surface area contributed by atoms with Crippen molar-refractivity contribution in [3.05, 3.63) is 29.3 Å². The molecule has 0 heterocycles. The maximum Gasteiger partial charge on any atom is 0.252 e. The highest BCUT2D eigenvalue weighted by atomic mass is 35.5. The van der Waals surface area contributed by atoms with Crippen LogP contribution in [-0.2, 0) is 0 Å². The molecular weight excluding hydrogens is 190 g/mol. The Morgan fingerprint density at radius 1 is 1.62 bits per heavy atom. The molecule has 0 bridgehead atoms. The van der Waals surface area contributed by atoms with E-state index < -0.39 is 5.24 Å². The Morgan fingerprint density at radius 3 is 2.77 bits per heavy atom. The summed E-state index contributed by atoms with van der Waals surface area (Å²) < 4.78 is 4.89. The average molecular weight is 196 g/mol. The van der Waals surface area contributed by atoms with E-state index in [0.29, 0.717) is 16.9 Å². The topological polar surface area (TPSA) is 50.1 Å². The van der Waals surface area contributed by atoms with Gasteiger partial charge in [0.15, 0.2) is 0 Å². The molecular formula is C9H6ClNO2.